The Morgan fingerprint density at radius 1 is 1.29 bits per heavy atom. The number of likely N-dealkylation sites (N-methyl/N-ethyl adjacent to an activating group) is 1. The van der Waals surface area contributed by atoms with Crippen LogP contribution in [0.15, 0.2) is 55.2 Å². The molecule has 1 aromatic carbocycles. The molecule has 9 nitrogen and oxygen atoms in total. The Kier molecular flexibility index (Phi) is 5.83. The maximum atomic E-state index is 12.9. The molecule has 0 saturated heterocycles. The number of imidazole rings is 1. The van der Waals surface area contributed by atoms with E-state index in [0.717, 1.165) is 11.3 Å². The van der Waals surface area contributed by atoms with Gasteiger partial charge in [-0.15, -0.1) is 0 Å². The minimum Gasteiger partial charge on any atom is -0.497 e. The van der Waals surface area contributed by atoms with Crippen LogP contribution >= 0.6 is 0 Å². The minimum atomic E-state index is -0.155. The molecule has 3 heterocycles. The summed E-state index contributed by atoms with van der Waals surface area (Å²) in [6.45, 7) is 1.71. The highest BCUT2D eigenvalue weighted by Gasteiger charge is 2.27. The second kappa shape index (κ2) is 8.86. The highest BCUT2D eigenvalue weighted by Crippen LogP contribution is 2.30. The molecule has 0 saturated carbocycles. The van der Waals surface area contributed by atoms with Crippen molar-refractivity contribution in [3.05, 3.63) is 66.4 Å². The maximum Gasteiger partial charge on any atom is 0.255 e. The molecule has 0 bridgehead atoms. The number of carbonyl (C=O) groups excluding carboxylic acids is 2. The SMILES string of the molecule is COc1ccc(CN2C(=O)CNc3ncc(C(=O)N(C)CCn4ccnc4)cc32)cc1. The van der Waals surface area contributed by atoms with Crippen molar-refractivity contribution in [2.75, 3.05) is 37.5 Å². The van der Waals surface area contributed by atoms with Crippen molar-refractivity contribution in [1.82, 2.24) is 19.4 Å². The van der Waals surface area contributed by atoms with Gasteiger partial charge >= 0.3 is 0 Å². The third-order valence-electron chi connectivity index (χ3n) is 5.21. The maximum absolute atomic E-state index is 12.9. The smallest absolute Gasteiger partial charge is 0.255 e. The van der Waals surface area contributed by atoms with Crippen molar-refractivity contribution in [3.63, 3.8) is 0 Å². The molecule has 3 aromatic rings. The molecular weight excluding hydrogens is 396 g/mol. The van der Waals surface area contributed by atoms with Gasteiger partial charge in [-0.3, -0.25) is 9.59 Å². The van der Waals surface area contributed by atoms with Gasteiger partial charge in [0.05, 0.1) is 37.8 Å². The van der Waals surface area contributed by atoms with Crippen LogP contribution < -0.4 is 15.0 Å². The van der Waals surface area contributed by atoms with Gasteiger partial charge in [-0.05, 0) is 23.8 Å². The highest BCUT2D eigenvalue weighted by molar-refractivity contribution is 6.04. The van der Waals surface area contributed by atoms with E-state index in [1.807, 2.05) is 35.0 Å². The van der Waals surface area contributed by atoms with Crippen molar-refractivity contribution in [2.45, 2.75) is 13.1 Å². The summed E-state index contributed by atoms with van der Waals surface area (Å²) in [5.74, 6) is 1.11. The van der Waals surface area contributed by atoms with E-state index in [0.29, 0.717) is 36.7 Å². The van der Waals surface area contributed by atoms with E-state index in [2.05, 4.69) is 15.3 Å². The summed E-state index contributed by atoms with van der Waals surface area (Å²) in [6.07, 6.45) is 6.82. The Morgan fingerprint density at radius 2 is 2.10 bits per heavy atom. The van der Waals surface area contributed by atoms with Crippen LogP contribution in [0, 0.1) is 0 Å². The number of fused-ring (bicyclic) bond motifs is 1. The molecule has 0 radical (unpaired) electrons. The van der Waals surface area contributed by atoms with E-state index in [1.54, 1.807) is 48.7 Å². The van der Waals surface area contributed by atoms with Crippen molar-refractivity contribution in [1.29, 1.82) is 0 Å². The van der Waals surface area contributed by atoms with Crippen LogP contribution in [0.2, 0.25) is 0 Å². The quantitative estimate of drug-likeness (QED) is 0.629. The van der Waals surface area contributed by atoms with E-state index >= 15 is 0 Å². The first-order valence-electron chi connectivity index (χ1n) is 9.93. The molecule has 9 heteroatoms. The van der Waals surface area contributed by atoms with Crippen molar-refractivity contribution in [2.24, 2.45) is 0 Å². The van der Waals surface area contributed by atoms with Crippen LogP contribution in [0.25, 0.3) is 0 Å². The molecule has 1 N–H and O–H groups in total. The number of methoxy groups -OCH3 is 1. The number of benzene rings is 1. The number of aromatic nitrogens is 3. The molecule has 31 heavy (non-hydrogen) atoms. The minimum absolute atomic E-state index is 0.0804. The number of nitrogens with zero attached hydrogens (tertiary/aromatic N) is 5. The molecule has 1 aliphatic heterocycles. The van der Waals surface area contributed by atoms with Crippen LogP contribution in [0.3, 0.4) is 0 Å². The van der Waals surface area contributed by atoms with E-state index in [4.69, 9.17) is 4.74 Å². The molecular formula is C22H24N6O3. The molecule has 0 atom stereocenters. The lowest BCUT2D eigenvalue weighted by Gasteiger charge is -2.30. The highest BCUT2D eigenvalue weighted by atomic mass is 16.5. The zero-order valence-electron chi connectivity index (χ0n) is 17.5. The number of amides is 2. The zero-order valence-corrected chi connectivity index (χ0v) is 17.5. The molecule has 160 valence electrons. The van der Waals surface area contributed by atoms with E-state index in [1.165, 1.54) is 0 Å². The third-order valence-corrected chi connectivity index (χ3v) is 5.21. The Bertz CT molecular complexity index is 1070. The van der Waals surface area contributed by atoms with Gasteiger partial charge in [0.1, 0.15) is 5.75 Å². The summed E-state index contributed by atoms with van der Waals surface area (Å²) in [7, 11) is 3.36. The standard InChI is InChI=1S/C22H24N6O3/c1-26(9-10-27-8-7-23-15-27)22(30)17-11-19-21(24-12-17)25-13-20(29)28(19)14-16-3-5-18(31-2)6-4-16/h3-8,11-12,15H,9-10,13-14H2,1-2H3,(H,24,25). The number of carbonyl (C=O) groups is 2. The molecule has 0 aliphatic carbocycles. The van der Waals surface area contributed by atoms with Gasteiger partial charge in [-0.2, -0.15) is 0 Å². The van der Waals surface area contributed by atoms with Crippen molar-refractivity contribution < 1.29 is 14.3 Å². The molecule has 2 amide bonds. The first-order chi connectivity index (χ1) is 15.0. The number of anilines is 2. The van der Waals surface area contributed by atoms with E-state index < -0.39 is 0 Å². The fourth-order valence-electron chi connectivity index (χ4n) is 3.39. The first-order valence-corrected chi connectivity index (χ1v) is 9.93. The summed E-state index contributed by atoms with van der Waals surface area (Å²) >= 11 is 0. The third kappa shape index (κ3) is 4.50. The zero-order chi connectivity index (χ0) is 21.8. The van der Waals surface area contributed by atoms with Crippen molar-refractivity contribution in [3.8, 4) is 5.75 Å². The second-order valence-electron chi connectivity index (χ2n) is 7.30. The lowest BCUT2D eigenvalue weighted by Crippen LogP contribution is -2.40. The summed E-state index contributed by atoms with van der Waals surface area (Å²) in [6, 6.07) is 9.28. The summed E-state index contributed by atoms with van der Waals surface area (Å²) in [5.41, 5.74) is 1.99. The summed E-state index contributed by atoms with van der Waals surface area (Å²) in [5, 5.41) is 3.03. The number of pyridine rings is 1. The number of nitrogens with one attached hydrogen (secondary N) is 1. The number of ether oxygens (including phenoxy) is 1. The number of hydrogen-bond acceptors (Lipinski definition) is 6. The molecule has 0 fully saturated rings. The molecule has 0 unspecified atom stereocenters. The van der Waals surface area contributed by atoms with Crippen LogP contribution in [-0.2, 0) is 17.9 Å². The van der Waals surface area contributed by atoms with Crippen LogP contribution in [0.1, 0.15) is 15.9 Å². The fraction of sp³-hybridized carbons (Fsp3) is 0.273. The average Bonchev–Trinajstić information content (AvgIpc) is 3.32. The predicted octanol–water partition coefficient (Wildman–Crippen LogP) is 2.02. The van der Waals surface area contributed by atoms with Gasteiger partial charge in [-0.25, -0.2) is 9.97 Å². The molecule has 1 aliphatic rings. The van der Waals surface area contributed by atoms with E-state index in [-0.39, 0.29) is 18.4 Å². The topological polar surface area (TPSA) is 92.6 Å². The fourth-order valence-corrected chi connectivity index (χ4v) is 3.39. The van der Waals surface area contributed by atoms with E-state index in [9.17, 15) is 9.59 Å². The van der Waals surface area contributed by atoms with Gasteiger partial charge < -0.3 is 24.4 Å². The Hall–Kier alpha value is -3.88. The summed E-state index contributed by atoms with van der Waals surface area (Å²) in [4.78, 5) is 37.3. The van der Waals surface area contributed by atoms with Gasteiger partial charge in [0.25, 0.3) is 5.91 Å². The molecule has 2 aromatic heterocycles. The molecule has 0 spiro atoms. The molecule has 4 rings (SSSR count). The van der Waals surface area contributed by atoms with Crippen LogP contribution in [-0.4, -0.2) is 58.5 Å². The van der Waals surface area contributed by atoms with Gasteiger partial charge in [0, 0.05) is 38.7 Å². The number of hydrogen-bond donors (Lipinski definition) is 1. The Labute approximate surface area is 180 Å². The summed E-state index contributed by atoms with van der Waals surface area (Å²) < 4.78 is 7.11. The Balaban J connectivity index is 1.53. The average molecular weight is 420 g/mol. The Morgan fingerprint density at radius 3 is 2.81 bits per heavy atom. The first kappa shape index (κ1) is 20.4. The van der Waals surface area contributed by atoms with Crippen LogP contribution in [0.4, 0.5) is 11.5 Å². The predicted molar refractivity (Wildman–Crippen MR) is 116 cm³/mol. The van der Waals surface area contributed by atoms with Crippen LogP contribution in [0.5, 0.6) is 5.75 Å². The largest absolute Gasteiger partial charge is 0.497 e. The van der Waals surface area contributed by atoms with Gasteiger partial charge in [-0.1, -0.05) is 12.1 Å². The van der Waals surface area contributed by atoms with Crippen molar-refractivity contribution >= 4 is 23.3 Å². The van der Waals surface area contributed by atoms with Gasteiger partial charge in [0.2, 0.25) is 5.91 Å². The monoisotopic (exact) mass is 420 g/mol. The van der Waals surface area contributed by atoms with Gasteiger partial charge in [0.15, 0.2) is 5.82 Å². The lowest BCUT2D eigenvalue weighted by atomic mass is 10.1. The normalized spacial score (nSPS) is 12.8. The second-order valence-corrected chi connectivity index (χ2v) is 7.30. The number of rotatable bonds is 7. The lowest BCUT2D eigenvalue weighted by molar-refractivity contribution is -0.117.